The third-order valence-corrected chi connectivity index (χ3v) is 3.35. The van der Waals surface area contributed by atoms with Gasteiger partial charge in [-0.15, -0.1) is 5.10 Å². The minimum atomic E-state index is -0.0623. The summed E-state index contributed by atoms with van der Waals surface area (Å²) in [5.41, 5.74) is 5.81. The van der Waals surface area contributed by atoms with Crippen LogP contribution in [-0.4, -0.2) is 45.4 Å². The molecule has 1 aliphatic carbocycles. The first-order chi connectivity index (χ1) is 8.13. The van der Waals surface area contributed by atoms with Gasteiger partial charge in [0, 0.05) is 19.6 Å². The molecule has 0 spiro atoms. The fourth-order valence-electron chi connectivity index (χ4n) is 1.90. The van der Waals surface area contributed by atoms with E-state index in [2.05, 4.69) is 17.2 Å². The fraction of sp³-hybridized carbons (Fsp3) is 0.727. The van der Waals surface area contributed by atoms with Crippen molar-refractivity contribution in [2.45, 2.75) is 32.4 Å². The monoisotopic (exact) mass is 237 g/mol. The molecular formula is C11H19N5O. The molecule has 0 bridgehead atoms. The summed E-state index contributed by atoms with van der Waals surface area (Å²) in [5, 5.41) is 7.75. The molecule has 17 heavy (non-hydrogen) atoms. The van der Waals surface area contributed by atoms with Gasteiger partial charge >= 0.3 is 0 Å². The Morgan fingerprint density at radius 2 is 2.41 bits per heavy atom. The highest BCUT2D eigenvalue weighted by Gasteiger charge is 2.33. The summed E-state index contributed by atoms with van der Waals surface area (Å²) < 4.78 is 1.60. The smallest absolute Gasteiger partial charge is 0.276 e. The zero-order valence-electron chi connectivity index (χ0n) is 10.3. The Labute approximate surface area is 101 Å². The fourth-order valence-corrected chi connectivity index (χ4v) is 1.90. The maximum atomic E-state index is 12.1. The predicted octanol–water partition coefficient (Wildman–Crippen LogP) is 0.107. The first-order valence-corrected chi connectivity index (χ1v) is 6.01. The van der Waals surface area contributed by atoms with Gasteiger partial charge in [0.15, 0.2) is 5.69 Å². The molecular weight excluding hydrogens is 218 g/mol. The van der Waals surface area contributed by atoms with Crippen molar-refractivity contribution in [2.24, 2.45) is 11.7 Å². The summed E-state index contributed by atoms with van der Waals surface area (Å²) in [7, 11) is 1.83. The van der Waals surface area contributed by atoms with Crippen molar-refractivity contribution in [3.8, 4) is 0 Å². The second kappa shape index (κ2) is 4.83. The molecule has 0 aliphatic heterocycles. The molecule has 1 heterocycles. The van der Waals surface area contributed by atoms with Crippen LogP contribution < -0.4 is 5.73 Å². The number of hydrogen-bond donors (Lipinski definition) is 1. The standard InChI is InChI=1S/C11H19N5O/c1-8(9-3-4-9)15(2)11(17)10-7-16(6-5-12)14-13-10/h7-9H,3-6,12H2,1-2H3. The van der Waals surface area contributed by atoms with Crippen LogP contribution in [0, 0.1) is 5.92 Å². The van der Waals surface area contributed by atoms with Crippen LogP contribution >= 0.6 is 0 Å². The van der Waals surface area contributed by atoms with Crippen LogP contribution in [0.5, 0.6) is 0 Å². The van der Waals surface area contributed by atoms with E-state index in [-0.39, 0.29) is 11.9 Å². The molecule has 0 radical (unpaired) electrons. The predicted molar refractivity (Wildman–Crippen MR) is 63.4 cm³/mol. The van der Waals surface area contributed by atoms with E-state index in [9.17, 15) is 4.79 Å². The molecule has 1 unspecified atom stereocenters. The van der Waals surface area contributed by atoms with E-state index < -0.39 is 0 Å². The van der Waals surface area contributed by atoms with Gasteiger partial charge in [-0.2, -0.15) is 0 Å². The number of carbonyl (C=O) groups excluding carboxylic acids is 1. The summed E-state index contributed by atoms with van der Waals surface area (Å²) >= 11 is 0. The molecule has 1 fully saturated rings. The molecule has 1 saturated carbocycles. The van der Waals surface area contributed by atoms with Crippen LogP contribution in [0.3, 0.4) is 0 Å². The normalized spacial score (nSPS) is 16.9. The molecule has 1 amide bonds. The van der Waals surface area contributed by atoms with Gasteiger partial charge < -0.3 is 10.6 Å². The lowest BCUT2D eigenvalue weighted by Gasteiger charge is -2.23. The highest BCUT2D eigenvalue weighted by Crippen LogP contribution is 2.34. The molecule has 2 rings (SSSR count). The number of aromatic nitrogens is 3. The lowest BCUT2D eigenvalue weighted by Crippen LogP contribution is -2.36. The first kappa shape index (κ1) is 12.0. The van der Waals surface area contributed by atoms with Crippen LogP contribution in [0.25, 0.3) is 0 Å². The zero-order valence-corrected chi connectivity index (χ0v) is 10.3. The number of nitrogens with zero attached hydrogens (tertiary/aromatic N) is 4. The van der Waals surface area contributed by atoms with Gasteiger partial charge in [-0.05, 0) is 25.7 Å². The quantitative estimate of drug-likeness (QED) is 0.788. The van der Waals surface area contributed by atoms with E-state index in [0.29, 0.717) is 24.7 Å². The van der Waals surface area contributed by atoms with E-state index in [0.717, 1.165) is 0 Å². The molecule has 1 aliphatic rings. The summed E-state index contributed by atoms with van der Waals surface area (Å²) in [5.74, 6) is 0.593. The second-order valence-electron chi connectivity index (χ2n) is 4.65. The van der Waals surface area contributed by atoms with Crippen molar-refractivity contribution < 1.29 is 4.79 Å². The zero-order chi connectivity index (χ0) is 12.4. The average molecular weight is 237 g/mol. The lowest BCUT2D eigenvalue weighted by atomic mass is 10.2. The SMILES string of the molecule is CC(C1CC1)N(C)C(=O)c1cn(CCN)nn1. The van der Waals surface area contributed by atoms with Gasteiger partial charge in [0.25, 0.3) is 5.91 Å². The maximum Gasteiger partial charge on any atom is 0.276 e. The summed E-state index contributed by atoms with van der Waals surface area (Å²) in [6.45, 7) is 3.16. The summed E-state index contributed by atoms with van der Waals surface area (Å²) in [6, 6.07) is 0.280. The Morgan fingerprint density at radius 3 is 3.00 bits per heavy atom. The van der Waals surface area contributed by atoms with E-state index in [1.54, 1.807) is 15.8 Å². The van der Waals surface area contributed by atoms with Crippen LogP contribution in [-0.2, 0) is 6.54 Å². The van der Waals surface area contributed by atoms with E-state index in [1.807, 2.05) is 7.05 Å². The van der Waals surface area contributed by atoms with Gasteiger partial charge in [0.2, 0.25) is 0 Å². The highest BCUT2D eigenvalue weighted by molar-refractivity contribution is 5.91. The lowest BCUT2D eigenvalue weighted by molar-refractivity contribution is 0.0721. The van der Waals surface area contributed by atoms with Crippen molar-refractivity contribution in [1.82, 2.24) is 19.9 Å². The topological polar surface area (TPSA) is 77.0 Å². The number of carbonyl (C=O) groups is 1. The van der Waals surface area contributed by atoms with E-state index >= 15 is 0 Å². The van der Waals surface area contributed by atoms with Crippen LogP contribution in [0.4, 0.5) is 0 Å². The molecule has 2 N–H and O–H groups in total. The Morgan fingerprint density at radius 1 is 1.71 bits per heavy atom. The van der Waals surface area contributed by atoms with E-state index in [1.165, 1.54) is 12.8 Å². The minimum absolute atomic E-state index is 0.0623. The van der Waals surface area contributed by atoms with Crippen molar-refractivity contribution in [1.29, 1.82) is 0 Å². The van der Waals surface area contributed by atoms with Crippen molar-refractivity contribution in [3.63, 3.8) is 0 Å². The first-order valence-electron chi connectivity index (χ1n) is 6.01. The molecule has 0 aromatic carbocycles. The molecule has 6 nitrogen and oxygen atoms in total. The van der Waals surface area contributed by atoms with Gasteiger partial charge in [0.05, 0.1) is 12.7 Å². The summed E-state index contributed by atoms with van der Waals surface area (Å²) in [6.07, 6.45) is 4.10. The van der Waals surface area contributed by atoms with Crippen molar-refractivity contribution in [3.05, 3.63) is 11.9 Å². The van der Waals surface area contributed by atoms with Crippen LogP contribution in [0.15, 0.2) is 6.20 Å². The second-order valence-corrected chi connectivity index (χ2v) is 4.65. The largest absolute Gasteiger partial charge is 0.337 e. The van der Waals surface area contributed by atoms with Crippen LogP contribution in [0.2, 0.25) is 0 Å². The molecule has 0 saturated heterocycles. The Balaban J connectivity index is 2.01. The third kappa shape index (κ3) is 2.63. The molecule has 1 aromatic rings. The Hall–Kier alpha value is -1.43. The van der Waals surface area contributed by atoms with E-state index in [4.69, 9.17) is 5.73 Å². The Bertz CT molecular complexity index is 398. The number of hydrogen-bond acceptors (Lipinski definition) is 4. The maximum absolute atomic E-state index is 12.1. The van der Waals surface area contributed by atoms with Gasteiger partial charge in [-0.25, -0.2) is 0 Å². The molecule has 1 atom stereocenters. The minimum Gasteiger partial charge on any atom is -0.337 e. The van der Waals surface area contributed by atoms with Crippen molar-refractivity contribution >= 4 is 5.91 Å². The number of rotatable bonds is 5. The third-order valence-electron chi connectivity index (χ3n) is 3.35. The molecule has 1 aromatic heterocycles. The number of nitrogens with two attached hydrogens (primary N) is 1. The van der Waals surface area contributed by atoms with Gasteiger partial charge in [0.1, 0.15) is 0 Å². The Kier molecular flexibility index (Phi) is 3.42. The van der Waals surface area contributed by atoms with Crippen molar-refractivity contribution in [2.75, 3.05) is 13.6 Å². The van der Waals surface area contributed by atoms with Crippen LogP contribution in [0.1, 0.15) is 30.3 Å². The highest BCUT2D eigenvalue weighted by atomic mass is 16.2. The molecule has 6 heteroatoms. The number of amides is 1. The molecule has 94 valence electrons. The summed E-state index contributed by atoms with van der Waals surface area (Å²) in [4.78, 5) is 13.9. The average Bonchev–Trinajstić information content (AvgIpc) is 3.07. The van der Waals surface area contributed by atoms with Gasteiger partial charge in [-0.3, -0.25) is 9.48 Å². The van der Waals surface area contributed by atoms with Gasteiger partial charge in [-0.1, -0.05) is 5.21 Å².